The number of hydrogen-bond acceptors (Lipinski definition) is 6. The van der Waals surface area contributed by atoms with Gasteiger partial charge in [-0.05, 0) is 38.4 Å². The minimum Gasteiger partial charge on any atom is -0.493 e. The Labute approximate surface area is 168 Å². The summed E-state index contributed by atoms with van der Waals surface area (Å²) in [6.45, 7) is 1.24. The highest BCUT2D eigenvalue weighted by Crippen LogP contribution is 2.36. The van der Waals surface area contributed by atoms with Gasteiger partial charge in [0.25, 0.3) is 5.56 Å². The molecule has 2 N–H and O–H groups in total. The molecule has 0 spiro atoms. The molecule has 0 amide bonds. The Hall–Kier alpha value is -3.32. The Morgan fingerprint density at radius 2 is 1.76 bits per heavy atom. The maximum Gasteiger partial charge on any atom is 0.259 e. The number of hydrogen-bond donors (Lipinski definition) is 1. The first-order valence-corrected chi connectivity index (χ1v) is 9.36. The maximum atomic E-state index is 13.6. The van der Waals surface area contributed by atoms with Gasteiger partial charge in [-0.25, -0.2) is 0 Å². The summed E-state index contributed by atoms with van der Waals surface area (Å²) in [5.41, 5.74) is 8.39. The third-order valence-corrected chi connectivity index (χ3v) is 5.23. The van der Waals surface area contributed by atoms with Gasteiger partial charge in [-0.1, -0.05) is 6.07 Å². The van der Waals surface area contributed by atoms with Gasteiger partial charge in [0.2, 0.25) is 0 Å². The lowest BCUT2D eigenvalue weighted by molar-refractivity contribution is 0.356. The lowest BCUT2D eigenvalue weighted by Gasteiger charge is -2.18. The number of rotatable bonds is 5. The number of methoxy groups -OCH3 is 2. The lowest BCUT2D eigenvalue weighted by Crippen LogP contribution is -2.27. The third kappa shape index (κ3) is 3.03. The molecule has 0 atom stereocenters. The smallest absolute Gasteiger partial charge is 0.259 e. The molecule has 0 saturated heterocycles. The minimum atomic E-state index is -0.0916. The summed E-state index contributed by atoms with van der Waals surface area (Å²) < 4.78 is 12.7. The van der Waals surface area contributed by atoms with E-state index in [9.17, 15) is 4.79 Å². The molecule has 0 fully saturated rings. The molecule has 29 heavy (non-hydrogen) atoms. The number of fused-ring (bicyclic) bond motifs is 5. The van der Waals surface area contributed by atoms with Crippen molar-refractivity contribution in [2.24, 2.45) is 0 Å². The van der Waals surface area contributed by atoms with Crippen LogP contribution < -0.4 is 20.8 Å². The molecule has 0 radical (unpaired) electrons. The van der Waals surface area contributed by atoms with Gasteiger partial charge in [-0.2, -0.15) is 0 Å². The van der Waals surface area contributed by atoms with Crippen molar-refractivity contribution < 1.29 is 9.47 Å². The molecule has 7 nitrogen and oxygen atoms in total. The van der Waals surface area contributed by atoms with Gasteiger partial charge < -0.3 is 24.7 Å². The number of nitrogens with two attached hydrogens (primary N) is 1. The van der Waals surface area contributed by atoms with E-state index in [0.717, 1.165) is 27.2 Å². The first-order chi connectivity index (χ1) is 14.0. The second-order valence-electron chi connectivity index (χ2n) is 7.27. The fourth-order valence-corrected chi connectivity index (χ4v) is 3.77. The van der Waals surface area contributed by atoms with Crippen molar-refractivity contribution in [3.63, 3.8) is 0 Å². The number of anilines is 1. The molecule has 150 valence electrons. The highest BCUT2D eigenvalue weighted by Gasteiger charge is 2.18. The van der Waals surface area contributed by atoms with E-state index < -0.39 is 0 Å². The summed E-state index contributed by atoms with van der Waals surface area (Å²) in [6.07, 6.45) is 1.80. The van der Waals surface area contributed by atoms with Crippen LogP contribution in [0.25, 0.3) is 32.6 Å². The molecule has 2 heterocycles. The molecular weight excluding hydrogens is 368 g/mol. The number of ether oxygens (including phenoxy) is 2. The van der Waals surface area contributed by atoms with Crippen LogP contribution in [0.2, 0.25) is 0 Å². The van der Waals surface area contributed by atoms with Crippen LogP contribution in [0.1, 0.15) is 0 Å². The molecule has 2 aromatic carbocycles. The van der Waals surface area contributed by atoms with Crippen LogP contribution in [0.5, 0.6) is 11.5 Å². The second-order valence-corrected chi connectivity index (χ2v) is 7.27. The van der Waals surface area contributed by atoms with Crippen molar-refractivity contribution in [3.8, 4) is 11.5 Å². The van der Waals surface area contributed by atoms with Crippen LogP contribution in [0.3, 0.4) is 0 Å². The maximum absolute atomic E-state index is 13.6. The number of likely N-dealkylation sites (N-methyl/N-ethyl adjacent to an activating group) is 1. The average Bonchev–Trinajstić information content (AvgIpc) is 2.72. The summed E-state index contributed by atoms with van der Waals surface area (Å²) in [5, 5.41) is 2.97. The number of pyridine rings is 2. The zero-order valence-corrected chi connectivity index (χ0v) is 17.0. The molecule has 4 rings (SSSR count). The van der Waals surface area contributed by atoms with E-state index >= 15 is 0 Å². The zero-order valence-electron chi connectivity index (χ0n) is 17.0. The van der Waals surface area contributed by atoms with Crippen LogP contribution in [0, 0.1) is 0 Å². The molecule has 7 heteroatoms. The largest absolute Gasteiger partial charge is 0.493 e. The van der Waals surface area contributed by atoms with Crippen molar-refractivity contribution >= 4 is 38.3 Å². The predicted octanol–water partition coefficient (Wildman–Crippen LogP) is 2.86. The number of aromatic nitrogens is 2. The van der Waals surface area contributed by atoms with Crippen LogP contribution in [-0.2, 0) is 6.54 Å². The zero-order chi connectivity index (χ0) is 20.7. The molecule has 4 aromatic rings. The number of benzene rings is 2. The van der Waals surface area contributed by atoms with Crippen molar-refractivity contribution in [2.45, 2.75) is 6.54 Å². The summed E-state index contributed by atoms with van der Waals surface area (Å²) in [5.74, 6) is 1.08. The van der Waals surface area contributed by atoms with E-state index in [4.69, 9.17) is 15.2 Å². The standard InChI is InChI=1S/C22H24N4O3/c1-25(2)8-9-26-21-15(12-24-17-7-5-6-16(23)20(17)21)13-10-18(28-3)19(29-4)11-14(13)22(26)27/h5-7,10-12H,8-9,23H2,1-4H3. The average molecular weight is 392 g/mol. The number of nitrogens with zero attached hydrogens (tertiary/aromatic N) is 3. The summed E-state index contributed by atoms with van der Waals surface area (Å²) in [7, 11) is 7.10. The van der Waals surface area contributed by atoms with E-state index in [0.29, 0.717) is 35.7 Å². The van der Waals surface area contributed by atoms with Crippen molar-refractivity contribution in [3.05, 3.63) is 46.9 Å². The first kappa shape index (κ1) is 19.0. The van der Waals surface area contributed by atoms with E-state index in [1.54, 1.807) is 31.0 Å². The first-order valence-electron chi connectivity index (χ1n) is 9.36. The van der Waals surface area contributed by atoms with Gasteiger partial charge in [-0.3, -0.25) is 9.78 Å². The molecule has 2 aromatic heterocycles. The van der Waals surface area contributed by atoms with Gasteiger partial charge in [0, 0.05) is 41.1 Å². The van der Waals surface area contributed by atoms with Gasteiger partial charge >= 0.3 is 0 Å². The Morgan fingerprint density at radius 3 is 2.41 bits per heavy atom. The quantitative estimate of drug-likeness (QED) is 0.415. The molecule has 0 aliphatic heterocycles. The van der Waals surface area contributed by atoms with E-state index in [1.807, 2.05) is 43.3 Å². The fourth-order valence-electron chi connectivity index (χ4n) is 3.77. The van der Waals surface area contributed by atoms with Crippen LogP contribution in [-0.4, -0.2) is 49.3 Å². The fraction of sp³-hybridized carbons (Fsp3) is 0.273. The van der Waals surface area contributed by atoms with E-state index in [-0.39, 0.29) is 5.56 Å². The molecule has 0 saturated carbocycles. The lowest BCUT2D eigenvalue weighted by atomic mass is 10.0. The molecule has 0 bridgehead atoms. The van der Waals surface area contributed by atoms with Crippen molar-refractivity contribution in [2.75, 3.05) is 40.6 Å². The van der Waals surface area contributed by atoms with Crippen LogP contribution >= 0.6 is 0 Å². The Bertz CT molecular complexity index is 1290. The number of nitrogen functional groups attached to an aromatic ring is 1. The summed E-state index contributed by atoms with van der Waals surface area (Å²) in [6, 6.07) is 9.18. The van der Waals surface area contributed by atoms with Crippen LogP contribution in [0.4, 0.5) is 5.69 Å². The highest BCUT2D eigenvalue weighted by atomic mass is 16.5. The third-order valence-electron chi connectivity index (χ3n) is 5.23. The Balaban J connectivity index is 2.23. The van der Waals surface area contributed by atoms with Gasteiger partial charge in [0.15, 0.2) is 11.5 Å². The predicted molar refractivity (Wildman–Crippen MR) is 117 cm³/mol. The topological polar surface area (TPSA) is 82.6 Å². The summed E-state index contributed by atoms with van der Waals surface area (Å²) in [4.78, 5) is 20.2. The second kappa shape index (κ2) is 7.25. The SMILES string of the molecule is COc1cc2c(=O)n(CCN(C)C)c3c(cnc4cccc(N)c43)c2cc1OC. The van der Waals surface area contributed by atoms with E-state index in [2.05, 4.69) is 4.98 Å². The normalized spacial score (nSPS) is 11.6. The minimum absolute atomic E-state index is 0.0916. The highest BCUT2D eigenvalue weighted by molar-refractivity contribution is 6.17. The van der Waals surface area contributed by atoms with Gasteiger partial charge in [-0.15, -0.1) is 0 Å². The Kier molecular flexibility index (Phi) is 4.76. The van der Waals surface area contributed by atoms with E-state index in [1.165, 1.54) is 0 Å². The molecule has 0 aliphatic rings. The van der Waals surface area contributed by atoms with Gasteiger partial charge in [0.1, 0.15) is 0 Å². The summed E-state index contributed by atoms with van der Waals surface area (Å²) >= 11 is 0. The monoisotopic (exact) mass is 392 g/mol. The molecule has 0 aliphatic carbocycles. The van der Waals surface area contributed by atoms with Crippen molar-refractivity contribution in [1.82, 2.24) is 14.5 Å². The molecule has 0 unspecified atom stereocenters. The Morgan fingerprint density at radius 1 is 1.07 bits per heavy atom. The van der Waals surface area contributed by atoms with Gasteiger partial charge in [0.05, 0.1) is 30.6 Å². The molecular formula is C22H24N4O3. The van der Waals surface area contributed by atoms with Crippen LogP contribution in [0.15, 0.2) is 41.3 Å². The van der Waals surface area contributed by atoms with Crippen molar-refractivity contribution in [1.29, 1.82) is 0 Å².